The van der Waals surface area contributed by atoms with Crippen LogP contribution in [0.4, 0.5) is 4.79 Å². The van der Waals surface area contributed by atoms with Gasteiger partial charge in [-0.15, -0.1) is 11.3 Å². The lowest BCUT2D eigenvalue weighted by atomic mass is 9.96. The maximum absolute atomic E-state index is 12.4. The molecule has 0 aliphatic heterocycles. The first-order valence-electron chi connectivity index (χ1n) is 8.48. The second-order valence-electron chi connectivity index (χ2n) is 7.46. The Morgan fingerprint density at radius 1 is 1.35 bits per heavy atom. The van der Waals surface area contributed by atoms with E-state index in [-0.39, 0.29) is 12.0 Å². The van der Waals surface area contributed by atoms with Gasteiger partial charge in [0.2, 0.25) is 0 Å². The number of amides is 1. The second-order valence-corrected chi connectivity index (χ2v) is 8.35. The van der Waals surface area contributed by atoms with E-state index in [2.05, 4.69) is 4.98 Å². The number of esters is 1. The van der Waals surface area contributed by atoms with Crippen molar-refractivity contribution in [3.8, 4) is 0 Å². The maximum Gasteiger partial charge on any atom is 0.410 e. The molecule has 0 aromatic carbocycles. The summed E-state index contributed by atoms with van der Waals surface area (Å²) in [6.45, 7) is 10.7. The fourth-order valence-corrected chi connectivity index (χ4v) is 3.27. The minimum Gasteiger partial charge on any atom is -0.455 e. The molecule has 0 spiro atoms. The number of hydrogen-bond acceptors (Lipinski definition) is 7. The molecule has 7 nitrogen and oxygen atoms in total. The number of aromatic nitrogens is 1. The minimum absolute atomic E-state index is 0.0936. The molecule has 2 atom stereocenters. The van der Waals surface area contributed by atoms with E-state index in [0.29, 0.717) is 23.4 Å². The Morgan fingerprint density at radius 3 is 2.38 bits per heavy atom. The summed E-state index contributed by atoms with van der Waals surface area (Å²) in [6, 6.07) is -0.238. The first-order chi connectivity index (χ1) is 11.9. The van der Waals surface area contributed by atoms with E-state index in [0.717, 1.165) is 0 Å². The molecule has 0 radical (unpaired) electrons. The lowest BCUT2D eigenvalue weighted by Crippen LogP contribution is -2.44. The van der Waals surface area contributed by atoms with E-state index in [1.807, 2.05) is 13.8 Å². The molecular weight excluding hydrogens is 356 g/mol. The zero-order valence-corrected chi connectivity index (χ0v) is 17.3. The Balaban J connectivity index is 3.03. The highest BCUT2D eigenvalue weighted by molar-refractivity contribution is 7.09. The molecule has 1 rings (SSSR count). The molecule has 0 saturated heterocycles. The SMILES string of the molecule is CC(=O)O[C@H](C[C@H](C(C)C)N(C)C(=O)OC(C)(C)C)c1nc(C=O)cs1. The highest BCUT2D eigenvalue weighted by atomic mass is 32.1. The molecular formula is C18H28N2O5S. The van der Waals surface area contributed by atoms with Crippen LogP contribution in [0.25, 0.3) is 0 Å². The van der Waals surface area contributed by atoms with Gasteiger partial charge in [-0.1, -0.05) is 13.8 Å². The molecule has 0 bridgehead atoms. The van der Waals surface area contributed by atoms with Gasteiger partial charge in [0.1, 0.15) is 16.3 Å². The summed E-state index contributed by atoms with van der Waals surface area (Å²) in [5.41, 5.74) is -0.306. The lowest BCUT2D eigenvalue weighted by Gasteiger charge is -2.34. The summed E-state index contributed by atoms with van der Waals surface area (Å²) in [5.74, 6) is -0.351. The summed E-state index contributed by atoms with van der Waals surface area (Å²) in [4.78, 5) is 40.6. The largest absolute Gasteiger partial charge is 0.455 e. The van der Waals surface area contributed by atoms with E-state index < -0.39 is 23.8 Å². The van der Waals surface area contributed by atoms with Crippen LogP contribution >= 0.6 is 11.3 Å². The predicted molar refractivity (Wildman–Crippen MR) is 99.2 cm³/mol. The molecule has 26 heavy (non-hydrogen) atoms. The average Bonchev–Trinajstić information content (AvgIpc) is 2.97. The minimum atomic E-state index is -0.636. The molecule has 1 heterocycles. The third-order valence-corrected chi connectivity index (χ3v) is 4.60. The number of rotatable bonds is 7. The molecule has 0 fully saturated rings. The fourth-order valence-electron chi connectivity index (χ4n) is 2.47. The quantitative estimate of drug-likeness (QED) is 0.524. The number of hydrogen-bond donors (Lipinski definition) is 0. The molecule has 0 unspecified atom stereocenters. The number of nitrogens with zero attached hydrogens (tertiary/aromatic N) is 2. The van der Waals surface area contributed by atoms with E-state index in [4.69, 9.17) is 9.47 Å². The van der Waals surface area contributed by atoms with Crippen molar-refractivity contribution in [2.24, 2.45) is 5.92 Å². The van der Waals surface area contributed by atoms with Crippen molar-refractivity contribution in [1.29, 1.82) is 0 Å². The summed E-state index contributed by atoms with van der Waals surface area (Å²) in [5, 5.41) is 2.14. The van der Waals surface area contributed by atoms with Crippen molar-refractivity contribution in [2.75, 3.05) is 7.05 Å². The van der Waals surface area contributed by atoms with Gasteiger partial charge < -0.3 is 14.4 Å². The Kier molecular flexibility index (Phi) is 7.74. The van der Waals surface area contributed by atoms with Crippen LogP contribution in [0.2, 0.25) is 0 Å². The van der Waals surface area contributed by atoms with Crippen LogP contribution in [-0.4, -0.2) is 46.9 Å². The van der Waals surface area contributed by atoms with E-state index in [1.165, 1.54) is 23.2 Å². The van der Waals surface area contributed by atoms with Crippen molar-refractivity contribution in [3.63, 3.8) is 0 Å². The summed E-state index contributed by atoms with van der Waals surface area (Å²) >= 11 is 1.25. The third kappa shape index (κ3) is 6.74. The van der Waals surface area contributed by atoms with Gasteiger partial charge in [-0.2, -0.15) is 0 Å². The molecule has 0 aliphatic carbocycles. The molecule has 0 N–H and O–H groups in total. The van der Waals surface area contributed by atoms with Crippen LogP contribution in [0.15, 0.2) is 5.38 Å². The Labute approximate surface area is 158 Å². The van der Waals surface area contributed by atoms with Crippen LogP contribution in [0.5, 0.6) is 0 Å². The number of carbonyl (C=O) groups is 3. The number of aldehydes is 1. The zero-order valence-electron chi connectivity index (χ0n) is 16.4. The Hall–Kier alpha value is -1.96. The van der Waals surface area contributed by atoms with E-state index in [9.17, 15) is 14.4 Å². The first-order valence-corrected chi connectivity index (χ1v) is 9.36. The molecule has 1 amide bonds. The molecule has 1 aromatic heterocycles. The molecule has 8 heteroatoms. The predicted octanol–water partition coefficient (Wildman–Crippen LogP) is 3.84. The van der Waals surface area contributed by atoms with Crippen LogP contribution < -0.4 is 0 Å². The average molecular weight is 384 g/mol. The number of thiazole rings is 1. The van der Waals surface area contributed by atoms with Gasteiger partial charge in [-0.3, -0.25) is 9.59 Å². The van der Waals surface area contributed by atoms with Crippen LogP contribution in [0, 0.1) is 5.92 Å². The lowest BCUT2D eigenvalue weighted by molar-refractivity contribution is -0.147. The van der Waals surface area contributed by atoms with Crippen molar-refractivity contribution < 1.29 is 23.9 Å². The monoisotopic (exact) mass is 384 g/mol. The highest BCUT2D eigenvalue weighted by Crippen LogP contribution is 2.30. The number of carbonyl (C=O) groups excluding carboxylic acids is 3. The number of ether oxygens (including phenoxy) is 2. The van der Waals surface area contributed by atoms with Crippen LogP contribution in [-0.2, 0) is 14.3 Å². The Morgan fingerprint density at radius 2 is 1.96 bits per heavy atom. The molecule has 0 saturated carbocycles. The summed E-state index contributed by atoms with van der Waals surface area (Å²) in [6.07, 6.45) is -0.0647. The van der Waals surface area contributed by atoms with Gasteiger partial charge in [0.25, 0.3) is 0 Å². The van der Waals surface area contributed by atoms with Crippen LogP contribution in [0.1, 0.15) is 69.6 Å². The molecule has 146 valence electrons. The fraction of sp³-hybridized carbons (Fsp3) is 0.667. The van der Waals surface area contributed by atoms with Gasteiger partial charge in [0.05, 0.1) is 0 Å². The van der Waals surface area contributed by atoms with E-state index in [1.54, 1.807) is 33.2 Å². The van der Waals surface area contributed by atoms with Crippen LogP contribution in [0.3, 0.4) is 0 Å². The standard InChI is InChI=1S/C18H28N2O5S/c1-11(2)14(20(7)17(23)25-18(4,5)6)8-15(24-12(3)22)16-19-13(9-21)10-26-16/h9-11,14-15H,8H2,1-7H3/t14-,15-/m1/s1. The maximum atomic E-state index is 12.4. The molecule has 1 aromatic rings. The zero-order chi connectivity index (χ0) is 20.1. The molecule has 0 aliphatic rings. The second kappa shape index (κ2) is 9.12. The third-order valence-electron chi connectivity index (χ3n) is 3.65. The summed E-state index contributed by atoms with van der Waals surface area (Å²) < 4.78 is 10.9. The van der Waals surface area contributed by atoms with Crippen molar-refractivity contribution >= 4 is 29.7 Å². The van der Waals surface area contributed by atoms with Crippen molar-refractivity contribution in [3.05, 3.63) is 16.1 Å². The van der Waals surface area contributed by atoms with E-state index >= 15 is 0 Å². The Bertz CT molecular complexity index is 636. The topological polar surface area (TPSA) is 85.8 Å². The smallest absolute Gasteiger partial charge is 0.410 e. The normalized spacial score (nSPS) is 13.8. The van der Waals surface area contributed by atoms with Crippen molar-refractivity contribution in [1.82, 2.24) is 9.88 Å². The highest BCUT2D eigenvalue weighted by Gasteiger charge is 2.32. The van der Waals surface area contributed by atoms with Gasteiger partial charge in [0.15, 0.2) is 12.4 Å². The van der Waals surface area contributed by atoms with Gasteiger partial charge >= 0.3 is 12.1 Å². The first kappa shape index (κ1) is 22.1. The van der Waals surface area contributed by atoms with Gasteiger partial charge in [-0.25, -0.2) is 9.78 Å². The van der Waals surface area contributed by atoms with Gasteiger partial charge in [0, 0.05) is 31.8 Å². The summed E-state index contributed by atoms with van der Waals surface area (Å²) in [7, 11) is 1.67. The van der Waals surface area contributed by atoms with Gasteiger partial charge in [-0.05, 0) is 26.7 Å². The van der Waals surface area contributed by atoms with Crippen molar-refractivity contribution in [2.45, 2.75) is 65.7 Å².